The molecule has 2 aromatic rings. The Labute approximate surface area is 175 Å². The van der Waals surface area contributed by atoms with Gasteiger partial charge in [-0.1, -0.05) is 0 Å². The van der Waals surface area contributed by atoms with E-state index in [1.165, 1.54) is 16.9 Å². The van der Waals surface area contributed by atoms with Crippen molar-refractivity contribution in [2.24, 2.45) is 0 Å². The van der Waals surface area contributed by atoms with Gasteiger partial charge in [-0.05, 0) is 44.7 Å². The summed E-state index contributed by atoms with van der Waals surface area (Å²) in [4.78, 5) is 17.3. The van der Waals surface area contributed by atoms with Crippen LogP contribution >= 0.6 is 11.3 Å². The van der Waals surface area contributed by atoms with E-state index in [2.05, 4.69) is 10.2 Å². The largest absolute Gasteiger partial charge is 0.492 e. The van der Waals surface area contributed by atoms with Crippen molar-refractivity contribution in [2.45, 2.75) is 33.1 Å². The van der Waals surface area contributed by atoms with Crippen LogP contribution in [0.15, 0.2) is 18.2 Å². The third kappa shape index (κ3) is 4.36. The maximum absolute atomic E-state index is 12.9. The van der Waals surface area contributed by atoms with Crippen LogP contribution in [0.3, 0.4) is 0 Å². The fourth-order valence-corrected chi connectivity index (χ4v) is 5.02. The summed E-state index contributed by atoms with van der Waals surface area (Å²) in [5.74, 6) is 1.32. The monoisotopic (exact) mass is 416 g/mol. The second kappa shape index (κ2) is 9.05. The molecule has 1 aromatic carbocycles. The summed E-state index contributed by atoms with van der Waals surface area (Å²) in [7, 11) is 0. The molecule has 2 aliphatic rings. The Morgan fingerprint density at radius 2 is 1.86 bits per heavy atom. The highest BCUT2D eigenvalue weighted by molar-refractivity contribution is 7.14. The number of nitrogens with one attached hydrogen (secondary N) is 1. The number of aryl methyl sites for hydroxylation is 2. The molecule has 2 heterocycles. The molecule has 0 atom stereocenters. The minimum Gasteiger partial charge on any atom is -0.492 e. The molecule has 0 bridgehead atoms. The second-order valence-electron chi connectivity index (χ2n) is 7.15. The van der Waals surface area contributed by atoms with Gasteiger partial charge in [0.2, 0.25) is 0 Å². The van der Waals surface area contributed by atoms with E-state index >= 15 is 0 Å². The van der Waals surface area contributed by atoms with Crippen LogP contribution < -0.4 is 19.7 Å². The molecule has 1 saturated heterocycles. The number of amides is 1. The summed E-state index contributed by atoms with van der Waals surface area (Å²) in [6, 6.07) is 5.90. The zero-order chi connectivity index (χ0) is 20.2. The summed E-state index contributed by atoms with van der Waals surface area (Å²) in [6.07, 6.45) is 3.35. The van der Waals surface area contributed by atoms with Crippen molar-refractivity contribution in [3.05, 3.63) is 33.5 Å². The molecule has 4 rings (SSSR count). The van der Waals surface area contributed by atoms with E-state index in [0.29, 0.717) is 37.9 Å². The van der Waals surface area contributed by atoms with E-state index in [-0.39, 0.29) is 5.91 Å². The lowest BCUT2D eigenvalue weighted by molar-refractivity contribution is 0.103. The normalized spacial score (nSPS) is 15.9. The Bertz CT molecular complexity index is 852. The van der Waals surface area contributed by atoms with Crippen molar-refractivity contribution in [1.29, 1.82) is 0 Å². The summed E-state index contributed by atoms with van der Waals surface area (Å²) in [5.41, 5.74) is 2.94. The van der Waals surface area contributed by atoms with Crippen molar-refractivity contribution in [2.75, 3.05) is 49.7 Å². The van der Waals surface area contributed by atoms with Gasteiger partial charge in [-0.2, -0.15) is 0 Å². The lowest BCUT2D eigenvalue weighted by atomic mass is 10.2. The zero-order valence-electron chi connectivity index (χ0n) is 17.1. The van der Waals surface area contributed by atoms with Crippen molar-refractivity contribution in [3.63, 3.8) is 0 Å². The number of thiophene rings is 1. The van der Waals surface area contributed by atoms with E-state index in [1.54, 1.807) is 11.3 Å². The lowest BCUT2D eigenvalue weighted by Crippen LogP contribution is -2.36. The van der Waals surface area contributed by atoms with E-state index in [4.69, 9.17) is 14.2 Å². The number of nitrogens with zero attached hydrogens (tertiary/aromatic N) is 1. The molecule has 1 amide bonds. The number of ether oxygens (including phenoxy) is 3. The van der Waals surface area contributed by atoms with E-state index in [1.807, 2.05) is 32.0 Å². The smallest absolute Gasteiger partial charge is 0.265 e. The van der Waals surface area contributed by atoms with Crippen LogP contribution in [0.25, 0.3) is 0 Å². The van der Waals surface area contributed by atoms with Gasteiger partial charge in [0.15, 0.2) is 0 Å². The van der Waals surface area contributed by atoms with Crippen molar-refractivity contribution in [3.8, 4) is 11.5 Å². The summed E-state index contributed by atoms with van der Waals surface area (Å²) < 4.78 is 17.3. The first-order valence-corrected chi connectivity index (χ1v) is 11.2. The molecular weight excluding hydrogens is 388 g/mol. The molecule has 0 spiro atoms. The standard InChI is InChI=1S/C22H28N2O4S/c1-3-27-18-14-17(24-8-10-26-11-9-24)19(28-4-2)13-16(18)23-22(25)21-12-15-6-5-7-20(15)29-21/h12-14H,3-11H2,1-2H3,(H,23,25). The maximum Gasteiger partial charge on any atom is 0.265 e. The molecular formula is C22H28N2O4S. The van der Waals surface area contributed by atoms with Gasteiger partial charge >= 0.3 is 0 Å². The molecule has 1 aliphatic carbocycles. The average molecular weight is 417 g/mol. The quantitative estimate of drug-likeness (QED) is 0.736. The number of fused-ring (bicyclic) bond motifs is 1. The van der Waals surface area contributed by atoms with Crippen molar-refractivity contribution >= 4 is 28.6 Å². The predicted octanol–water partition coefficient (Wildman–Crippen LogP) is 4.12. The van der Waals surface area contributed by atoms with Gasteiger partial charge in [0.1, 0.15) is 11.5 Å². The molecule has 7 heteroatoms. The molecule has 1 aromatic heterocycles. The Morgan fingerprint density at radius 3 is 2.59 bits per heavy atom. The first-order valence-electron chi connectivity index (χ1n) is 10.4. The number of carbonyl (C=O) groups excluding carboxylic acids is 1. The molecule has 0 saturated carbocycles. The highest BCUT2D eigenvalue weighted by atomic mass is 32.1. The molecule has 0 radical (unpaired) electrons. The number of anilines is 2. The van der Waals surface area contributed by atoms with Crippen LogP contribution in [-0.2, 0) is 17.6 Å². The van der Waals surface area contributed by atoms with Gasteiger partial charge in [0.05, 0.1) is 42.7 Å². The molecule has 29 heavy (non-hydrogen) atoms. The number of rotatable bonds is 7. The van der Waals surface area contributed by atoms with Crippen LogP contribution in [-0.4, -0.2) is 45.4 Å². The molecule has 1 aliphatic heterocycles. The van der Waals surface area contributed by atoms with Crippen LogP contribution in [0.4, 0.5) is 11.4 Å². The van der Waals surface area contributed by atoms with E-state index < -0.39 is 0 Å². The topological polar surface area (TPSA) is 60.0 Å². The summed E-state index contributed by atoms with van der Waals surface area (Å²) in [5, 5.41) is 3.05. The third-order valence-corrected chi connectivity index (χ3v) is 6.47. The summed E-state index contributed by atoms with van der Waals surface area (Å²) >= 11 is 1.60. The van der Waals surface area contributed by atoms with Crippen LogP contribution in [0, 0.1) is 0 Å². The van der Waals surface area contributed by atoms with Gasteiger partial charge in [-0.15, -0.1) is 11.3 Å². The average Bonchev–Trinajstić information content (AvgIpc) is 3.33. The van der Waals surface area contributed by atoms with Gasteiger partial charge < -0.3 is 24.4 Å². The number of hydrogen-bond donors (Lipinski definition) is 1. The van der Waals surface area contributed by atoms with Gasteiger partial charge in [-0.25, -0.2) is 0 Å². The van der Waals surface area contributed by atoms with Gasteiger partial charge in [0, 0.05) is 30.1 Å². The Kier molecular flexibility index (Phi) is 6.25. The van der Waals surface area contributed by atoms with Crippen LogP contribution in [0.1, 0.15) is 40.4 Å². The highest BCUT2D eigenvalue weighted by Crippen LogP contribution is 2.40. The maximum atomic E-state index is 12.9. The van der Waals surface area contributed by atoms with E-state index in [9.17, 15) is 4.79 Å². The third-order valence-electron chi connectivity index (χ3n) is 5.23. The molecule has 1 N–H and O–H groups in total. The number of morpholine rings is 1. The van der Waals surface area contributed by atoms with Crippen molar-refractivity contribution in [1.82, 2.24) is 0 Å². The fraction of sp³-hybridized carbons (Fsp3) is 0.500. The predicted molar refractivity (Wildman–Crippen MR) is 116 cm³/mol. The second-order valence-corrected chi connectivity index (χ2v) is 8.29. The van der Waals surface area contributed by atoms with Crippen LogP contribution in [0.2, 0.25) is 0 Å². The minimum absolute atomic E-state index is 0.0908. The fourth-order valence-electron chi connectivity index (χ4n) is 3.87. The Balaban J connectivity index is 1.63. The van der Waals surface area contributed by atoms with Crippen molar-refractivity contribution < 1.29 is 19.0 Å². The van der Waals surface area contributed by atoms with Gasteiger partial charge in [0.25, 0.3) is 5.91 Å². The SMILES string of the molecule is CCOc1cc(N2CCOCC2)c(OCC)cc1NC(=O)c1cc2c(s1)CCC2. The molecule has 156 valence electrons. The Morgan fingerprint density at radius 1 is 1.10 bits per heavy atom. The zero-order valence-corrected chi connectivity index (χ0v) is 17.9. The summed E-state index contributed by atoms with van der Waals surface area (Å²) in [6.45, 7) is 7.97. The number of hydrogen-bond acceptors (Lipinski definition) is 6. The lowest BCUT2D eigenvalue weighted by Gasteiger charge is -2.31. The van der Waals surface area contributed by atoms with Crippen LogP contribution in [0.5, 0.6) is 11.5 Å². The molecule has 1 fully saturated rings. The first-order chi connectivity index (χ1) is 14.2. The molecule has 6 nitrogen and oxygen atoms in total. The number of carbonyl (C=O) groups is 1. The highest BCUT2D eigenvalue weighted by Gasteiger charge is 2.22. The minimum atomic E-state index is -0.0908. The Hall–Kier alpha value is -2.25. The number of benzene rings is 1. The van der Waals surface area contributed by atoms with Gasteiger partial charge in [-0.3, -0.25) is 4.79 Å². The molecule has 0 unspecified atom stereocenters. The van der Waals surface area contributed by atoms with E-state index in [0.717, 1.165) is 42.2 Å². The first kappa shape index (κ1) is 20.0.